The first-order valence-electron chi connectivity index (χ1n) is 5.36. The molecule has 4 nitrogen and oxygen atoms in total. The summed E-state index contributed by atoms with van der Waals surface area (Å²) in [5.41, 5.74) is 6.41. The summed E-state index contributed by atoms with van der Waals surface area (Å²) in [6.07, 6.45) is 0. The van der Waals surface area contributed by atoms with Gasteiger partial charge in [-0.25, -0.2) is 4.98 Å². The van der Waals surface area contributed by atoms with Crippen molar-refractivity contribution in [1.29, 1.82) is 0 Å². The second kappa shape index (κ2) is 4.85. The zero-order valence-electron chi connectivity index (χ0n) is 9.52. The molecule has 1 aromatic carbocycles. The number of thiophene rings is 1. The summed E-state index contributed by atoms with van der Waals surface area (Å²) in [6, 6.07) is 7.15. The molecule has 0 unspecified atom stereocenters. The minimum absolute atomic E-state index is 0.225. The maximum Gasteiger partial charge on any atom is 0.223 e. The van der Waals surface area contributed by atoms with Crippen LogP contribution < -0.4 is 11.1 Å². The van der Waals surface area contributed by atoms with E-state index in [0.29, 0.717) is 15.9 Å². The molecule has 0 fully saturated rings. The van der Waals surface area contributed by atoms with Crippen LogP contribution >= 0.6 is 34.5 Å². The third-order valence-corrected chi connectivity index (χ3v) is 3.88. The molecule has 0 aliphatic carbocycles. The Morgan fingerprint density at radius 3 is 2.79 bits per heavy atom. The lowest BCUT2D eigenvalue weighted by molar-refractivity contribution is 1.24. The van der Waals surface area contributed by atoms with E-state index in [1.807, 2.05) is 11.4 Å². The van der Waals surface area contributed by atoms with Gasteiger partial charge in [0.05, 0.1) is 16.1 Å². The van der Waals surface area contributed by atoms with Crippen LogP contribution in [0.4, 0.5) is 17.5 Å². The molecule has 0 aliphatic heterocycles. The van der Waals surface area contributed by atoms with Crippen molar-refractivity contribution in [3.8, 4) is 0 Å². The molecule has 0 radical (unpaired) electrons. The van der Waals surface area contributed by atoms with E-state index in [1.165, 1.54) is 11.3 Å². The zero-order chi connectivity index (χ0) is 13.4. The Morgan fingerprint density at radius 1 is 1.16 bits per heavy atom. The Balaban J connectivity index is 2.07. The Hall–Kier alpha value is -1.56. The van der Waals surface area contributed by atoms with Gasteiger partial charge in [-0.3, -0.25) is 0 Å². The van der Waals surface area contributed by atoms with Gasteiger partial charge in [0.2, 0.25) is 5.95 Å². The second-order valence-corrected chi connectivity index (χ2v) is 5.56. The summed E-state index contributed by atoms with van der Waals surface area (Å²) in [7, 11) is 0. The van der Waals surface area contributed by atoms with Crippen molar-refractivity contribution < 1.29 is 0 Å². The summed E-state index contributed by atoms with van der Waals surface area (Å²) < 4.78 is 0. The molecule has 0 bridgehead atoms. The Morgan fingerprint density at radius 2 is 2.00 bits per heavy atom. The van der Waals surface area contributed by atoms with Crippen molar-refractivity contribution in [2.24, 2.45) is 0 Å². The molecule has 0 amide bonds. The first-order valence-corrected chi connectivity index (χ1v) is 7.00. The molecule has 19 heavy (non-hydrogen) atoms. The number of nitrogens with two attached hydrogens (primary N) is 1. The van der Waals surface area contributed by atoms with Gasteiger partial charge in [-0.15, -0.1) is 11.3 Å². The van der Waals surface area contributed by atoms with Gasteiger partial charge < -0.3 is 11.1 Å². The number of anilines is 3. The molecule has 0 aliphatic rings. The van der Waals surface area contributed by atoms with Gasteiger partial charge in [0.15, 0.2) is 0 Å². The number of nitrogen functional groups attached to an aromatic ring is 1. The molecule has 0 spiro atoms. The van der Waals surface area contributed by atoms with Gasteiger partial charge in [0.25, 0.3) is 0 Å². The predicted molar refractivity (Wildman–Crippen MR) is 81.6 cm³/mol. The van der Waals surface area contributed by atoms with Crippen LogP contribution in [0.25, 0.3) is 10.2 Å². The van der Waals surface area contributed by atoms with Crippen molar-refractivity contribution in [3.05, 3.63) is 39.7 Å². The van der Waals surface area contributed by atoms with Crippen LogP contribution in [0.3, 0.4) is 0 Å². The largest absolute Gasteiger partial charge is 0.368 e. The Bertz CT molecular complexity index is 757. The fraction of sp³-hybridized carbons (Fsp3) is 0. The molecule has 0 saturated carbocycles. The fourth-order valence-electron chi connectivity index (χ4n) is 1.69. The van der Waals surface area contributed by atoms with E-state index in [4.69, 9.17) is 28.9 Å². The predicted octanol–water partition coefficient (Wildman–Crippen LogP) is 4.32. The minimum atomic E-state index is 0.225. The molecule has 0 saturated heterocycles. The van der Waals surface area contributed by atoms with E-state index >= 15 is 0 Å². The van der Waals surface area contributed by atoms with Gasteiger partial charge in [-0.05, 0) is 29.6 Å². The average molecular weight is 311 g/mol. The maximum absolute atomic E-state index is 6.13. The van der Waals surface area contributed by atoms with Gasteiger partial charge >= 0.3 is 0 Å². The van der Waals surface area contributed by atoms with Crippen LogP contribution in [0.2, 0.25) is 10.0 Å². The van der Waals surface area contributed by atoms with E-state index in [-0.39, 0.29) is 5.95 Å². The Kier molecular flexibility index (Phi) is 3.18. The minimum Gasteiger partial charge on any atom is -0.368 e. The molecular weight excluding hydrogens is 303 g/mol. The summed E-state index contributed by atoms with van der Waals surface area (Å²) in [6.45, 7) is 0. The standard InChI is InChI=1S/C12H8Cl2N4S/c13-6-1-2-9(8(14)5-6)16-10-7-3-4-19-11(7)18-12(15)17-10/h1-5H,(H3,15,16,17,18). The highest BCUT2D eigenvalue weighted by Gasteiger charge is 2.09. The number of fused-ring (bicyclic) bond motifs is 1. The van der Waals surface area contributed by atoms with Crippen LogP contribution in [0, 0.1) is 0 Å². The van der Waals surface area contributed by atoms with Crippen molar-refractivity contribution in [1.82, 2.24) is 9.97 Å². The van der Waals surface area contributed by atoms with Crippen LogP contribution in [-0.4, -0.2) is 9.97 Å². The molecule has 3 N–H and O–H groups in total. The van der Waals surface area contributed by atoms with Crippen LogP contribution in [-0.2, 0) is 0 Å². The second-order valence-electron chi connectivity index (χ2n) is 3.82. The summed E-state index contributed by atoms with van der Waals surface area (Å²) >= 11 is 13.5. The topological polar surface area (TPSA) is 63.8 Å². The maximum atomic E-state index is 6.13. The highest BCUT2D eigenvalue weighted by molar-refractivity contribution is 7.16. The lowest BCUT2D eigenvalue weighted by Crippen LogP contribution is -2.00. The van der Waals surface area contributed by atoms with Crippen molar-refractivity contribution >= 4 is 62.2 Å². The van der Waals surface area contributed by atoms with Crippen LogP contribution in [0.1, 0.15) is 0 Å². The highest BCUT2D eigenvalue weighted by atomic mass is 35.5. The normalized spacial score (nSPS) is 10.8. The average Bonchev–Trinajstić information content (AvgIpc) is 2.80. The van der Waals surface area contributed by atoms with Gasteiger partial charge in [0, 0.05) is 5.02 Å². The summed E-state index contributed by atoms with van der Waals surface area (Å²) in [4.78, 5) is 9.20. The van der Waals surface area contributed by atoms with E-state index in [2.05, 4.69) is 15.3 Å². The van der Waals surface area contributed by atoms with E-state index < -0.39 is 0 Å². The number of hydrogen-bond donors (Lipinski definition) is 2. The zero-order valence-corrected chi connectivity index (χ0v) is 11.9. The van der Waals surface area contributed by atoms with E-state index in [1.54, 1.807) is 18.2 Å². The van der Waals surface area contributed by atoms with Crippen molar-refractivity contribution in [3.63, 3.8) is 0 Å². The third-order valence-electron chi connectivity index (χ3n) is 2.53. The molecule has 3 rings (SSSR count). The fourth-order valence-corrected chi connectivity index (χ4v) is 2.91. The smallest absolute Gasteiger partial charge is 0.223 e. The molecule has 2 aromatic heterocycles. The first kappa shape index (κ1) is 12.5. The number of hydrogen-bond acceptors (Lipinski definition) is 5. The number of nitrogens with zero attached hydrogens (tertiary/aromatic N) is 2. The number of rotatable bonds is 2. The summed E-state index contributed by atoms with van der Waals surface area (Å²) in [5.74, 6) is 0.857. The number of halogens is 2. The highest BCUT2D eigenvalue weighted by Crippen LogP contribution is 2.32. The lowest BCUT2D eigenvalue weighted by Gasteiger charge is -2.09. The number of nitrogens with one attached hydrogen (secondary N) is 1. The molecule has 2 heterocycles. The third kappa shape index (κ3) is 2.45. The Labute approximate surface area is 123 Å². The molecule has 96 valence electrons. The van der Waals surface area contributed by atoms with Gasteiger partial charge in [-0.1, -0.05) is 23.2 Å². The lowest BCUT2D eigenvalue weighted by atomic mass is 10.3. The van der Waals surface area contributed by atoms with Crippen molar-refractivity contribution in [2.75, 3.05) is 11.1 Å². The first-order chi connectivity index (χ1) is 9.13. The number of benzene rings is 1. The monoisotopic (exact) mass is 310 g/mol. The molecule has 7 heteroatoms. The van der Waals surface area contributed by atoms with Gasteiger partial charge in [0.1, 0.15) is 10.6 Å². The summed E-state index contributed by atoms with van der Waals surface area (Å²) in [5, 5.41) is 7.10. The van der Waals surface area contributed by atoms with Crippen LogP contribution in [0.5, 0.6) is 0 Å². The molecular formula is C12H8Cl2N4S. The van der Waals surface area contributed by atoms with E-state index in [9.17, 15) is 0 Å². The van der Waals surface area contributed by atoms with Crippen molar-refractivity contribution in [2.45, 2.75) is 0 Å². The van der Waals surface area contributed by atoms with Gasteiger partial charge in [-0.2, -0.15) is 4.98 Å². The molecule has 3 aromatic rings. The SMILES string of the molecule is Nc1nc(Nc2ccc(Cl)cc2Cl)c2ccsc2n1. The number of aromatic nitrogens is 2. The van der Waals surface area contributed by atoms with E-state index in [0.717, 1.165) is 15.9 Å². The van der Waals surface area contributed by atoms with Crippen LogP contribution in [0.15, 0.2) is 29.6 Å². The molecule has 0 atom stereocenters. The quantitative estimate of drug-likeness (QED) is 0.739.